The molecule has 5 nitrogen and oxygen atoms in total. The Labute approximate surface area is 84.7 Å². The lowest BCUT2D eigenvalue weighted by molar-refractivity contribution is -0.136. The predicted octanol–water partition coefficient (Wildman–Crippen LogP) is 0.873. The van der Waals surface area contributed by atoms with Crippen molar-refractivity contribution in [3.63, 3.8) is 0 Å². The summed E-state index contributed by atoms with van der Waals surface area (Å²) in [5, 5.41) is 14.3. The SMILES string of the molecule is O=C(O)CCc1ccc2c(=O)[nH][nH]c2c1. The van der Waals surface area contributed by atoms with Crippen LogP contribution in [0.3, 0.4) is 0 Å². The lowest BCUT2D eigenvalue weighted by atomic mass is 10.1. The lowest BCUT2D eigenvalue weighted by Gasteiger charge is -1.97. The zero-order chi connectivity index (χ0) is 10.8. The molecule has 1 aromatic heterocycles. The summed E-state index contributed by atoms with van der Waals surface area (Å²) in [6.07, 6.45) is 0.568. The monoisotopic (exact) mass is 206 g/mol. The van der Waals surface area contributed by atoms with E-state index in [1.54, 1.807) is 18.2 Å². The number of aliphatic carboxylic acids is 1. The molecule has 0 bridgehead atoms. The number of aromatic amines is 2. The number of rotatable bonds is 3. The number of carboxylic acid groups (broad SMARTS) is 1. The maximum Gasteiger partial charge on any atom is 0.303 e. The van der Waals surface area contributed by atoms with Crippen LogP contribution in [0, 0.1) is 0 Å². The molecule has 0 unspecified atom stereocenters. The zero-order valence-electron chi connectivity index (χ0n) is 7.91. The van der Waals surface area contributed by atoms with E-state index in [9.17, 15) is 9.59 Å². The molecule has 0 atom stereocenters. The third-order valence-corrected chi connectivity index (χ3v) is 2.27. The highest BCUT2D eigenvalue weighted by molar-refractivity contribution is 5.78. The summed E-state index contributed by atoms with van der Waals surface area (Å²) in [6, 6.07) is 5.26. The summed E-state index contributed by atoms with van der Waals surface area (Å²) < 4.78 is 0. The topological polar surface area (TPSA) is 85.9 Å². The second-order valence-corrected chi connectivity index (χ2v) is 3.35. The van der Waals surface area contributed by atoms with Crippen LogP contribution in [-0.2, 0) is 11.2 Å². The van der Waals surface area contributed by atoms with Gasteiger partial charge >= 0.3 is 5.97 Å². The van der Waals surface area contributed by atoms with E-state index >= 15 is 0 Å². The second kappa shape index (κ2) is 3.61. The van der Waals surface area contributed by atoms with E-state index in [0.29, 0.717) is 17.3 Å². The summed E-state index contributed by atoms with van der Waals surface area (Å²) in [6.45, 7) is 0. The number of fused-ring (bicyclic) bond motifs is 1. The van der Waals surface area contributed by atoms with Gasteiger partial charge in [0.1, 0.15) is 0 Å². The van der Waals surface area contributed by atoms with Gasteiger partial charge in [-0.15, -0.1) is 0 Å². The first-order chi connectivity index (χ1) is 7.16. The summed E-state index contributed by atoms with van der Waals surface area (Å²) in [4.78, 5) is 21.6. The van der Waals surface area contributed by atoms with Crippen LogP contribution in [0.4, 0.5) is 0 Å². The number of H-pyrrole nitrogens is 2. The Morgan fingerprint density at radius 1 is 1.33 bits per heavy atom. The average molecular weight is 206 g/mol. The van der Waals surface area contributed by atoms with E-state index in [1.807, 2.05) is 0 Å². The van der Waals surface area contributed by atoms with Crippen molar-refractivity contribution in [2.24, 2.45) is 0 Å². The van der Waals surface area contributed by atoms with Crippen LogP contribution in [0.1, 0.15) is 12.0 Å². The van der Waals surface area contributed by atoms with Crippen LogP contribution >= 0.6 is 0 Å². The lowest BCUT2D eigenvalue weighted by Crippen LogP contribution is -1.98. The number of carbonyl (C=O) groups is 1. The van der Waals surface area contributed by atoms with Crippen molar-refractivity contribution in [2.75, 3.05) is 0 Å². The van der Waals surface area contributed by atoms with Gasteiger partial charge in [-0.1, -0.05) is 6.07 Å². The Morgan fingerprint density at radius 3 is 2.87 bits per heavy atom. The average Bonchev–Trinajstić information content (AvgIpc) is 2.57. The zero-order valence-corrected chi connectivity index (χ0v) is 7.91. The third kappa shape index (κ3) is 1.90. The maximum atomic E-state index is 11.2. The molecule has 0 aliphatic rings. The third-order valence-electron chi connectivity index (χ3n) is 2.27. The highest BCUT2D eigenvalue weighted by atomic mass is 16.4. The molecular formula is C10H10N2O3. The van der Waals surface area contributed by atoms with Crippen LogP contribution in [-0.4, -0.2) is 21.3 Å². The van der Waals surface area contributed by atoms with Crippen molar-refractivity contribution in [1.82, 2.24) is 10.2 Å². The molecule has 15 heavy (non-hydrogen) atoms. The van der Waals surface area contributed by atoms with Crippen LogP contribution in [0.15, 0.2) is 23.0 Å². The second-order valence-electron chi connectivity index (χ2n) is 3.35. The number of aromatic nitrogens is 2. The molecule has 0 fully saturated rings. The number of nitrogens with one attached hydrogen (secondary N) is 2. The van der Waals surface area contributed by atoms with Crippen LogP contribution < -0.4 is 5.56 Å². The van der Waals surface area contributed by atoms with Crippen molar-refractivity contribution in [3.8, 4) is 0 Å². The van der Waals surface area contributed by atoms with Gasteiger partial charge in [-0.05, 0) is 24.1 Å². The van der Waals surface area contributed by atoms with Gasteiger partial charge in [0.15, 0.2) is 0 Å². The van der Waals surface area contributed by atoms with Crippen molar-refractivity contribution < 1.29 is 9.90 Å². The summed E-state index contributed by atoms with van der Waals surface area (Å²) in [7, 11) is 0. The maximum absolute atomic E-state index is 11.2. The fourth-order valence-electron chi connectivity index (χ4n) is 1.49. The fraction of sp³-hybridized carbons (Fsp3) is 0.200. The molecule has 0 spiro atoms. The van der Waals surface area contributed by atoms with Gasteiger partial charge in [0.05, 0.1) is 10.9 Å². The van der Waals surface area contributed by atoms with Gasteiger partial charge in [0, 0.05) is 6.42 Å². The predicted molar refractivity (Wildman–Crippen MR) is 54.9 cm³/mol. The van der Waals surface area contributed by atoms with Crippen molar-refractivity contribution in [3.05, 3.63) is 34.1 Å². The van der Waals surface area contributed by atoms with E-state index in [4.69, 9.17) is 5.11 Å². The molecule has 0 amide bonds. The van der Waals surface area contributed by atoms with Crippen molar-refractivity contribution >= 4 is 16.9 Å². The molecule has 0 aliphatic carbocycles. The number of hydrogen-bond acceptors (Lipinski definition) is 2. The van der Waals surface area contributed by atoms with Gasteiger partial charge in [-0.3, -0.25) is 19.8 Å². The fourth-order valence-corrected chi connectivity index (χ4v) is 1.49. The van der Waals surface area contributed by atoms with Crippen LogP contribution in [0.25, 0.3) is 10.9 Å². The van der Waals surface area contributed by atoms with Crippen LogP contribution in [0.5, 0.6) is 0 Å². The Kier molecular flexibility index (Phi) is 2.29. The minimum atomic E-state index is -0.822. The molecule has 0 aliphatic heterocycles. The molecule has 0 radical (unpaired) electrons. The van der Waals surface area contributed by atoms with Gasteiger partial charge in [-0.2, -0.15) is 0 Å². The van der Waals surface area contributed by atoms with E-state index in [-0.39, 0.29) is 12.0 Å². The standard InChI is InChI=1S/C10H10N2O3/c13-9(14)4-2-6-1-3-7-8(5-6)11-12-10(7)15/h1,3,5H,2,4H2,(H,13,14)(H2,11,12,15). The normalized spacial score (nSPS) is 10.7. The first-order valence-corrected chi connectivity index (χ1v) is 4.58. The molecule has 78 valence electrons. The highest BCUT2D eigenvalue weighted by Gasteiger charge is 2.03. The van der Waals surface area contributed by atoms with Crippen molar-refractivity contribution in [1.29, 1.82) is 0 Å². The molecule has 2 rings (SSSR count). The van der Waals surface area contributed by atoms with Crippen molar-refractivity contribution in [2.45, 2.75) is 12.8 Å². The number of carboxylic acids is 1. The van der Waals surface area contributed by atoms with Gasteiger partial charge in [0.2, 0.25) is 0 Å². The van der Waals surface area contributed by atoms with Gasteiger partial charge in [0.25, 0.3) is 5.56 Å². The molecule has 0 saturated carbocycles. The smallest absolute Gasteiger partial charge is 0.303 e. The first kappa shape index (κ1) is 9.51. The Hall–Kier alpha value is -2.04. The molecule has 1 heterocycles. The van der Waals surface area contributed by atoms with E-state index in [2.05, 4.69) is 10.2 Å². The van der Waals surface area contributed by atoms with Gasteiger partial charge < -0.3 is 5.11 Å². The van der Waals surface area contributed by atoms with E-state index in [0.717, 1.165) is 5.56 Å². The molecule has 3 N–H and O–H groups in total. The highest BCUT2D eigenvalue weighted by Crippen LogP contribution is 2.11. The first-order valence-electron chi connectivity index (χ1n) is 4.58. The van der Waals surface area contributed by atoms with E-state index in [1.165, 1.54) is 0 Å². The van der Waals surface area contributed by atoms with E-state index < -0.39 is 5.97 Å². The molecule has 1 aromatic carbocycles. The van der Waals surface area contributed by atoms with Crippen LogP contribution in [0.2, 0.25) is 0 Å². The summed E-state index contributed by atoms with van der Waals surface area (Å²) in [5.41, 5.74) is 1.46. The quantitative estimate of drug-likeness (QED) is 0.696. The molecular weight excluding hydrogens is 196 g/mol. The molecule has 0 saturated heterocycles. The minimum Gasteiger partial charge on any atom is -0.481 e. The summed E-state index contributed by atoms with van der Waals surface area (Å²) in [5.74, 6) is -0.822. The Bertz CT molecular complexity index is 553. The Morgan fingerprint density at radius 2 is 2.13 bits per heavy atom. The molecule has 5 heteroatoms. The Balaban J connectivity index is 2.31. The minimum absolute atomic E-state index is 0.0974. The number of hydrogen-bond donors (Lipinski definition) is 3. The number of aryl methyl sites for hydroxylation is 1. The van der Waals surface area contributed by atoms with Gasteiger partial charge in [-0.25, -0.2) is 0 Å². The largest absolute Gasteiger partial charge is 0.481 e. The number of benzene rings is 1. The summed E-state index contributed by atoms with van der Waals surface area (Å²) >= 11 is 0. The molecule has 2 aromatic rings.